The number of hydrogen-bond donors (Lipinski definition) is 1. The molecule has 0 saturated heterocycles. The number of anilines is 1. The van der Waals surface area contributed by atoms with Crippen LogP contribution >= 0.6 is 0 Å². The molecule has 3 rings (SSSR count). The third-order valence-electron chi connectivity index (χ3n) is 6.22. The van der Waals surface area contributed by atoms with Crippen LogP contribution in [0.4, 0.5) is 10.1 Å². The van der Waals surface area contributed by atoms with Gasteiger partial charge in [-0.2, -0.15) is 0 Å². The number of hydrogen-bond acceptors (Lipinski definition) is 6. The molecule has 0 heterocycles. The number of carbonyl (C=O) groups is 2. The number of sulfonamides is 1. The molecule has 1 N–H and O–H groups in total. The van der Waals surface area contributed by atoms with Crippen molar-refractivity contribution in [1.29, 1.82) is 0 Å². The average molecular weight is 572 g/mol. The molecule has 1 unspecified atom stereocenters. The van der Waals surface area contributed by atoms with Gasteiger partial charge in [0.25, 0.3) is 0 Å². The molecule has 0 aliphatic rings. The van der Waals surface area contributed by atoms with Gasteiger partial charge in [0, 0.05) is 25.6 Å². The first kappa shape index (κ1) is 30.4. The number of halogens is 1. The molecular formula is C29H34FN3O6S. The van der Waals surface area contributed by atoms with Crippen molar-refractivity contribution < 1.29 is 31.9 Å². The SMILES string of the molecule is CCNC(=O)C(Cc1ccccc1)N(Cc1ccc(F)cc1)C(=O)CN(c1ccc(OC)c(OC)c1)S(C)(=O)=O. The molecular weight excluding hydrogens is 537 g/mol. The lowest BCUT2D eigenvalue weighted by Gasteiger charge is -2.33. The van der Waals surface area contributed by atoms with Gasteiger partial charge in [-0.05, 0) is 42.3 Å². The van der Waals surface area contributed by atoms with Gasteiger partial charge in [0.2, 0.25) is 21.8 Å². The Hall–Kier alpha value is -4.12. The molecule has 9 nitrogen and oxygen atoms in total. The molecule has 40 heavy (non-hydrogen) atoms. The molecule has 0 aromatic heterocycles. The number of nitrogens with one attached hydrogen (secondary N) is 1. The monoisotopic (exact) mass is 571 g/mol. The van der Waals surface area contributed by atoms with Gasteiger partial charge in [-0.1, -0.05) is 42.5 Å². The average Bonchev–Trinajstić information content (AvgIpc) is 2.94. The Morgan fingerprint density at radius 3 is 2.15 bits per heavy atom. The van der Waals surface area contributed by atoms with E-state index in [1.54, 1.807) is 13.0 Å². The minimum Gasteiger partial charge on any atom is -0.493 e. The summed E-state index contributed by atoms with van der Waals surface area (Å²) in [4.78, 5) is 28.6. The highest BCUT2D eigenvalue weighted by Gasteiger charge is 2.33. The van der Waals surface area contributed by atoms with Crippen molar-refractivity contribution in [2.24, 2.45) is 0 Å². The second kappa shape index (κ2) is 13.8. The van der Waals surface area contributed by atoms with Gasteiger partial charge in [0.05, 0.1) is 26.2 Å². The maximum absolute atomic E-state index is 14.0. The molecule has 0 aliphatic heterocycles. The third-order valence-corrected chi connectivity index (χ3v) is 7.36. The van der Waals surface area contributed by atoms with Gasteiger partial charge in [-0.3, -0.25) is 13.9 Å². The zero-order valence-corrected chi connectivity index (χ0v) is 23.8. The van der Waals surface area contributed by atoms with Crippen molar-refractivity contribution >= 4 is 27.5 Å². The summed E-state index contributed by atoms with van der Waals surface area (Å²) in [7, 11) is -1.07. The number of nitrogens with zero attached hydrogens (tertiary/aromatic N) is 2. The van der Waals surface area contributed by atoms with E-state index in [9.17, 15) is 22.4 Å². The molecule has 11 heteroatoms. The van der Waals surface area contributed by atoms with E-state index >= 15 is 0 Å². The molecule has 0 bridgehead atoms. The van der Waals surface area contributed by atoms with E-state index in [0.29, 0.717) is 17.9 Å². The Balaban J connectivity index is 2.05. The number of rotatable bonds is 13. The minimum absolute atomic E-state index is 0.0444. The Kier molecular flexibility index (Phi) is 10.5. The second-order valence-corrected chi connectivity index (χ2v) is 11.0. The van der Waals surface area contributed by atoms with E-state index in [0.717, 1.165) is 16.1 Å². The third kappa shape index (κ3) is 7.95. The van der Waals surface area contributed by atoms with Crippen molar-refractivity contribution in [1.82, 2.24) is 10.2 Å². The van der Waals surface area contributed by atoms with Crippen molar-refractivity contribution in [3.8, 4) is 11.5 Å². The predicted octanol–water partition coefficient (Wildman–Crippen LogP) is 3.39. The molecule has 0 saturated carbocycles. The molecule has 0 aliphatic carbocycles. The fraction of sp³-hybridized carbons (Fsp3) is 0.310. The zero-order chi connectivity index (χ0) is 29.3. The largest absolute Gasteiger partial charge is 0.493 e. The fourth-order valence-corrected chi connectivity index (χ4v) is 5.07. The van der Waals surface area contributed by atoms with Crippen LogP contribution in [-0.4, -0.2) is 64.7 Å². The zero-order valence-electron chi connectivity index (χ0n) is 23.0. The van der Waals surface area contributed by atoms with Crippen LogP contribution in [0.5, 0.6) is 11.5 Å². The van der Waals surface area contributed by atoms with Gasteiger partial charge in [0.15, 0.2) is 11.5 Å². The van der Waals surface area contributed by atoms with Gasteiger partial charge in [-0.15, -0.1) is 0 Å². The van der Waals surface area contributed by atoms with E-state index in [1.165, 1.54) is 55.5 Å². The minimum atomic E-state index is -3.95. The van der Waals surface area contributed by atoms with Crippen LogP contribution in [0.15, 0.2) is 72.8 Å². The highest BCUT2D eigenvalue weighted by molar-refractivity contribution is 7.92. The number of carbonyl (C=O) groups excluding carboxylic acids is 2. The van der Waals surface area contributed by atoms with Gasteiger partial charge >= 0.3 is 0 Å². The lowest BCUT2D eigenvalue weighted by molar-refractivity contribution is -0.140. The number of likely N-dealkylation sites (N-methyl/N-ethyl adjacent to an activating group) is 1. The van der Waals surface area contributed by atoms with E-state index in [4.69, 9.17) is 9.47 Å². The van der Waals surface area contributed by atoms with Crippen LogP contribution in [0.1, 0.15) is 18.1 Å². The topological polar surface area (TPSA) is 105 Å². The van der Waals surface area contributed by atoms with E-state index < -0.39 is 34.3 Å². The maximum Gasteiger partial charge on any atom is 0.244 e. The molecule has 0 radical (unpaired) electrons. The number of methoxy groups -OCH3 is 2. The summed E-state index contributed by atoms with van der Waals surface area (Å²) < 4.78 is 50.9. The first-order valence-electron chi connectivity index (χ1n) is 12.6. The second-order valence-electron chi connectivity index (χ2n) is 9.06. The van der Waals surface area contributed by atoms with Crippen LogP contribution in [0.2, 0.25) is 0 Å². The first-order valence-corrected chi connectivity index (χ1v) is 14.5. The molecule has 2 amide bonds. The van der Waals surface area contributed by atoms with E-state index in [2.05, 4.69) is 5.32 Å². The van der Waals surface area contributed by atoms with Crippen LogP contribution in [0, 0.1) is 5.82 Å². The lowest BCUT2D eigenvalue weighted by Crippen LogP contribution is -2.53. The summed E-state index contributed by atoms with van der Waals surface area (Å²) in [6.07, 6.45) is 1.18. The number of ether oxygens (including phenoxy) is 2. The summed E-state index contributed by atoms with van der Waals surface area (Å²) in [6.45, 7) is 1.48. The Morgan fingerprint density at radius 1 is 0.925 bits per heavy atom. The van der Waals surface area contributed by atoms with E-state index in [-0.39, 0.29) is 30.3 Å². The van der Waals surface area contributed by atoms with Gasteiger partial charge in [0.1, 0.15) is 18.4 Å². The Morgan fingerprint density at radius 2 is 1.57 bits per heavy atom. The number of benzene rings is 3. The maximum atomic E-state index is 14.0. The normalized spacial score (nSPS) is 11.8. The summed E-state index contributed by atoms with van der Waals surface area (Å²) in [5.74, 6) is -0.768. The van der Waals surface area contributed by atoms with Crippen molar-refractivity contribution in [2.75, 3.05) is 37.9 Å². The van der Waals surface area contributed by atoms with Crippen LogP contribution in [0.3, 0.4) is 0 Å². The van der Waals surface area contributed by atoms with Crippen LogP contribution < -0.4 is 19.1 Å². The quantitative estimate of drug-likeness (QED) is 0.337. The van der Waals surface area contributed by atoms with Crippen LogP contribution in [0.25, 0.3) is 0 Å². The summed E-state index contributed by atoms with van der Waals surface area (Å²) >= 11 is 0. The van der Waals surface area contributed by atoms with Crippen molar-refractivity contribution in [2.45, 2.75) is 25.9 Å². The van der Waals surface area contributed by atoms with Crippen molar-refractivity contribution in [3.63, 3.8) is 0 Å². The van der Waals surface area contributed by atoms with Crippen molar-refractivity contribution in [3.05, 3.63) is 89.7 Å². The number of amides is 2. The van der Waals surface area contributed by atoms with Gasteiger partial charge in [-0.25, -0.2) is 12.8 Å². The summed E-state index contributed by atoms with van der Waals surface area (Å²) in [5, 5.41) is 2.78. The molecule has 1 atom stereocenters. The smallest absolute Gasteiger partial charge is 0.244 e. The standard InChI is InChI=1S/C29H34FN3O6S/c1-5-31-29(35)25(17-21-9-7-6-8-10-21)32(19-22-11-13-23(30)14-12-22)28(34)20-33(40(4,36)37)24-15-16-26(38-2)27(18-24)39-3/h6-16,18,25H,5,17,19-20H2,1-4H3,(H,31,35). The summed E-state index contributed by atoms with van der Waals surface area (Å²) in [5.41, 5.74) is 1.58. The molecule has 0 spiro atoms. The molecule has 0 fully saturated rings. The van der Waals surface area contributed by atoms with Crippen LogP contribution in [-0.2, 0) is 32.6 Å². The lowest BCUT2D eigenvalue weighted by atomic mass is 10.0. The summed E-state index contributed by atoms with van der Waals surface area (Å²) in [6, 6.07) is 18.3. The Labute approximate surface area is 234 Å². The van der Waals surface area contributed by atoms with E-state index in [1.807, 2.05) is 30.3 Å². The highest BCUT2D eigenvalue weighted by Crippen LogP contribution is 2.32. The molecule has 3 aromatic rings. The first-order chi connectivity index (χ1) is 19.1. The molecule has 3 aromatic carbocycles. The predicted molar refractivity (Wildman–Crippen MR) is 151 cm³/mol. The fourth-order valence-electron chi connectivity index (χ4n) is 4.23. The Bertz CT molecular complexity index is 1400. The highest BCUT2D eigenvalue weighted by atomic mass is 32.2. The molecule has 214 valence electrons. The van der Waals surface area contributed by atoms with Gasteiger partial charge < -0.3 is 19.7 Å².